The van der Waals surface area contributed by atoms with E-state index in [1.807, 2.05) is 24.3 Å². The molecule has 0 aromatic heterocycles. The molecule has 1 fully saturated rings. The van der Waals surface area contributed by atoms with Crippen LogP contribution in [0.25, 0.3) is 0 Å². The van der Waals surface area contributed by atoms with Crippen molar-refractivity contribution in [2.75, 3.05) is 6.61 Å². The van der Waals surface area contributed by atoms with Crippen LogP contribution in [0.2, 0.25) is 0 Å². The van der Waals surface area contributed by atoms with E-state index in [4.69, 9.17) is 9.47 Å². The molecule has 1 heterocycles. The van der Waals surface area contributed by atoms with Crippen molar-refractivity contribution in [1.29, 1.82) is 0 Å². The first-order valence-corrected chi connectivity index (χ1v) is 10.9. The third-order valence-corrected chi connectivity index (χ3v) is 6.15. The summed E-state index contributed by atoms with van der Waals surface area (Å²) in [5.74, 6) is 0.283. The summed E-state index contributed by atoms with van der Waals surface area (Å²) in [4.78, 5) is 0. The van der Waals surface area contributed by atoms with Crippen molar-refractivity contribution >= 4 is 0 Å². The number of hydrogen-bond donors (Lipinski definition) is 0. The van der Waals surface area contributed by atoms with Gasteiger partial charge in [-0.05, 0) is 30.0 Å². The standard InChI is InChI=1S/C29H30O2/c1-4-28-27(22(2)3)20-26(31-28)21-30-29(23-14-8-5-9-15-23,24-16-10-6-11-17-24)25-18-12-7-13-19-25/h4-19,26-28H,1-2,20-21H2,3H3/t26-,27-,28-/m1/s1. The van der Waals surface area contributed by atoms with Gasteiger partial charge in [-0.2, -0.15) is 0 Å². The van der Waals surface area contributed by atoms with E-state index < -0.39 is 5.60 Å². The van der Waals surface area contributed by atoms with Crippen molar-refractivity contribution in [3.8, 4) is 0 Å². The van der Waals surface area contributed by atoms with Crippen molar-refractivity contribution in [3.05, 3.63) is 132 Å². The summed E-state index contributed by atoms with van der Waals surface area (Å²) in [7, 11) is 0. The lowest BCUT2D eigenvalue weighted by atomic mass is 9.80. The summed E-state index contributed by atoms with van der Waals surface area (Å²) in [6.45, 7) is 10.7. The maximum absolute atomic E-state index is 6.90. The van der Waals surface area contributed by atoms with Gasteiger partial charge in [0.05, 0.1) is 18.8 Å². The van der Waals surface area contributed by atoms with Crippen LogP contribution < -0.4 is 0 Å². The zero-order valence-electron chi connectivity index (χ0n) is 18.1. The lowest BCUT2D eigenvalue weighted by Crippen LogP contribution is -2.35. The Balaban J connectivity index is 1.74. The highest BCUT2D eigenvalue weighted by Crippen LogP contribution is 2.41. The fourth-order valence-corrected chi connectivity index (χ4v) is 4.59. The van der Waals surface area contributed by atoms with Crippen LogP contribution in [-0.4, -0.2) is 18.8 Å². The van der Waals surface area contributed by atoms with Gasteiger partial charge in [-0.25, -0.2) is 0 Å². The SMILES string of the molecule is C=C[C@H]1O[C@@H](COC(c2ccccc2)(c2ccccc2)c2ccccc2)C[C@@H]1C(=C)C. The average Bonchev–Trinajstić information content (AvgIpc) is 3.25. The van der Waals surface area contributed by atoms with E-state index in [-0.39, 0.29) is 18.1 Å². The molecule has 0 amide bonds. The van der Waals surface area contributed by atoms with Gasteiger partial charge in [0.1, 0.15) is 5.60 Å². The van der Waals surface area contributed by atoms with Gasteiger partial charge >= 0.3 is 0 Å². The van der Waals surface area contributed by atoms with Crippen LogP contribution in [-0.2, 0) is 15.1 Å². The smallest absolute Gasteiger partial charge is 0.143 e. The molecule has 0 aliphatic carbocycles. The Morgan fingerprint density at radius 3 is 1.71 bits per heavy atom. The van der Waals surface area contributed by atoms with Crippen LogP contribution in [0, 0.1) is 5.92 Å². The Labute approximate surface area is 185 Å². The first-order valence-electron chi connectivity index (χ1n) is 10.9. The van der Waals surface area contributed by atoms with Crippen molar-refractivity contribution in [2.24, 2.45) is 5.92 Å². The fourth-order valence-electron chi connectivity index (χ4n) is 4.59. The highest BCUT2D eigenvalue weighted by molar-refractivity contribution is 5.47. The van der Waals surface area contributed by atoms with Gasteiger partial charge in [0.15, 0.2) is 0 Å². The molecule has 0 spiro atoms. The Kier molecular flexibility index (Phi) is 6.50. The second-order valence-corrected chi connectivity index (χ2v) is 8.24. The number of benzene rings is 3. The zero-order chi connectivity index (χ0) is 21.7. The molecule has 3 aromatic carbocycles. The molecule has 1 saturated heterocycles. The van der Waals surface area contributed by atoms with Crippen LogP contribution in [0.1, 0.15) is 30.0 Å². The van der Waals surface area contributed by atoms with Gasteiger partial charge in [-0.1, -0.05) is 109 Å². The summed E-state index contributed by atoms with van der Waals surface area (Å²) in [6.07, 6.45) is 2.75. The minimum Gasteiger partial charge on any atom is -0.368 e. The molecule has 3 atom stereocenters. The van der Waals surface area contributed by atoms with Gasteiger partial charge in [0.25, 0.3) is 0 Å². The monoisotopic (exact) mass is 410 g/mol. The van der Waals surface area contributed by atoms with Crippen molar-refractivity contribution in [2.45, 2.75) is 31.2 Å². The minimum atomic E-state index is -0.724. The van der Waals surface area contributed by atoms with E-state index in [1.54, 1.807) is 0 Å². The largest absolute Gasteiger partial charge is 0.368 e. The van der Waals surface area contributed by atoms with Crippen molar-refractivity contribution in [3.63, 3.8) is 0 Å². The summed E-state index contributed by atoms with van der Waals surface area (Å²) >= 11 is 0. The Morgan fingerprint density at radius 2 is 1.35 bits per heavy atom. The van der Waals surface area contributed by atoms with Crippen molar-refractivity contribution < 1.29 is 9.47 Å². The fraction of sp³-hybridized carbons (Fsp3) is 0.241. The Bertz CT molecular complexity index is 898. The van der Waals surface area contributed by atoms with E-state index in [2.05, 4.69) is 92.9 Å². The van der Waals surface area contributed by atoms with Gasteiger partial charge in [-0.15, -0.1) is 6.58 Å². The lowest BCUT2D eigenvalue weighted by molar-refractivity contribution is -0.0551. The number of ether oxygens (including phenoxy) is 2. The van der Waals surface area contributed by atoms with Gasteiger partial charge in [0.2, 0.25) is 0 Å². The normalized spacial score (nSPS) is 21.0. The molecule has 158 valence electrons. The van der Waals surface area contributed by atoms with Crippen LogP contribution in [0.4, 0.5) is 0 Å². The average molecular weight is 411 g/mol. The predicted molar refractivity (Wildman–Crippen MR) is 127 cm³/mol. The van der Waals surface area contributed by atoms with E-state index in [0.717, 1.165) is 28.7 Å². The van der Waals surface area contributed by atoms with Gasteiger partial charge in [0, 0.05) is 5.92 Å². The third-order valence-electron chi connectivity index (χ3n) is 6.15. The third kappa shape index (κ3) is 4.27. The second kappa shape index (κ2) is 9.47. The lowest BCUT2D eigenvalue weighted by Gasteiger charge is -2.36. The van der Waals surface area contributed by atoms with Crippen LogP contribution >= 0.6 is 0 Å². The van der Waals surface area contributed by atoms with Crippen LogP contribution in [0.15, 0.2) is 116 Å². The van der Waals surface area contributed by atoms with Crippen LogP contribution in [0.3, 0.4) is 0 Å². The molecule has 31 heavy (non-hydrogen) atoms. The maximum atomic E-state index is 6.90. The first kappa shape index (κ1) is 21.3. The van der Waals surface area contributed by atoms with E-state index >= 15 is 0 Å². The maximum Gasteiger partial charge on any atom is 0.143 e. The molecule has 4 rings (SSSR count). The number of hydrogen-bond acceptors (Lipinski definition) is 2. The van der Waals surface area contributed by atoms with Gasteiger partial charge in [-0.3, -0.25) is 0 Å². The zero-order valence-corrected chi connectivity index (χ0v) is 18.1. The highest BCUT2D eigenvalue weighted by Gasteiger charge is 2.40. The topological polar surface area (TPSA) is 18.5 Å². The molecule has 0 N–H and O–H groups in total. The summed E-state index contributed by atoms with van der Waals surface area (Å²) in [5.41, 5.74) is 3.71. The van der Waals surface area contributed by atoms with E-state index in [1.165, 1.54) is 0 Å². The van der Waals surface area contributed by atoms with Crippen molar-refractivity contribution in [1.82, 2.24) is 0 Å². The molecule has 1 aliphatic heterocycles. The molecule has 2 heteroatoms. The molecule has 0 radical (unpaired) electrons. The Morgan fingerprint density at radius 1 is 0.903 bits per heavy atom. The molecule has 0 unspecified atom stereocenters. The van der Waals surface area contributed by atoms with Gasteiger partial charge < -0.3 is 9.47 Å². The summed E-state index contributed by atoms with van der Waals surface area (Å²) in [6, 6.07) is 31.3. The molecule has 0 bridgehead atoms. The summed E-state index contributed by atoms with van der Waals surface area (Å²) in [5, 5.41) is 0. The molecular formula is C29H30O2. The molecule has 3 aromatic rings. The molecule has 0 saturated carbocycles. The predicted octanol–water partition coefficient (Wildman–Crippen LogP) is 6.53. The van der Waals surface area contributed by atoms with E-state index in [0.29, 0.717) is 6.61 Å². The highest BCUT2D eigenvalue weighted by atomic mass is 16.6. The first-order chi connectivity index (χ1) is 15.1. The second-order valence-electron chi connectivity index (χ2n) is 8.24. The Hall–Kier alpha value is -2.94. The quantitative estimate of drug-likeness (QED) is 0.310. The molecular weight excluding hydrogens is 380 g/mol. The molecule has 2 nitrogen and oxygen atoms in total. The van der Waals surface area contributed by atoms with E-state index in [9.17, 15) is 0 Å². The van der Waals surface area contributed by atoms with Crippen LogP contribution in [0.5, 0.6) is 0 Å². The summed E-state index contributed by atoms with van der Waals surface area (Å²) < 4.78 is 13.2. The molecule has 1 aliphatic rings. The number of rotatable bonds is 8. The minimum absolute atomic E-state index is 0.00863.